The summed E-state index contributed by atoms with van der Waals surface area (Å²) in [5.74, 6) is 1.41. The Labute approximate surface area is 265 Å². The van der Waals surface area contributed by atoms with Crippen molar-refractivity contribution in [2.45, 2.75) is 45.6 Å². The van der Waals surface area contributed by atoms with Gasteiger partial charge in [-0.05, 0) is 62.2 Å². The minimum absolute atomic E-state index is 0.00487. The van der Waals surface area contributed by atoms with Crippen molar-refractivity contribution in [2.24, 2.45) is 7.05 Å². The number of methoxy groups -OCH3 is 1. The third-order valence-electron chi connectivity index (χ3n) is 8.29. The van der Waals surface area contributed by atoms with Gasteiger partial charge in [0.2, 0.25) is 5.88 Å². The molecule has 2 aromatic carbocycles. The van der Waals surface area contributed by atoms with E-state index in [1.165, 1.54) is 19.2 Å². The maximum absolute atomic E-state index is 14.2. The van der Waals surface area contributed by atoms with Crippen molar-refractivity contribution in [3.63, 3.8) is 0 Å². The Morgan fingerprint density at radius 1 is 1.09 bits per heavy atom. The first kappa shape index (κ1) is 30.7. The summed E-state index contributed by atoms with van der Waals surface area (Å²) < 4.78 is 35.2. The topological polar surface area (TPSA) is 120 Å². The Kier molecular flexibility index (Phi) is 8.94. The first-order valence-corrected chi connectivity index (χ1v) is 15.0. The Morgan fingerprint density at radius 3 is 2.63 bits per heavy atom. The lowest BCUT2D eigenvalue weighted by atomic mass is 10.1. The zero-order valence-electron chi connectivity index (χ0n) is 25.9. The van der Waals surface area contributed by atoms with E-state index in [0.29, 0.717) is 30.2 Å². The molecule has 1 saturated heterocycles. The number of esters is 1. The summed E-state index contributed by atoms with van der Waals surface area (Å²) in [6.45, 7) is 4.87. The molecular formula is C34H34FN7O4. The number of nitriles is 1. The minimum atomic E-state index is -0.591. The molecule has 1 aliphatic rings. The van der Waals surface area contributed by atoms with Crippen molar-refractivity contribution < 1.29 is 23.4 Å². The number of hydrogen-bond donors (Lipinski definition) is 0. The monoisotopic (exact) mass is 623 g/mol. The lowest BCUT2D eigenvalue weighted by Crippen LogP contribution is -2.38. The maximum Gasteiger partial charge on any atom is 0.337 e. The molecule has 236 valence electrons. The number of hydrogen-bond acceptors (Lipinski definition) is 9. The van der Waals surface area contributed by atoms with Crippen LogP contribution in [-0.4, -0.2) is 61.3 Å². The summed E-state index contributed by atoms with van der Waals surface area (Å²) in [5.41, 5.74) is 4.04. The molecule has 0 amide bonds. The molecular weight excluding hydrogens is 589 g/mol. The number of benzene rings is 2. The molecule has 11 nitrogen and oxygen atoms in total. The van der Waals surface area contributed by atoms with Crippen LogP contribution >= 0.6 is 0 Å². The molecule has 5 aromatic rings. The summed E-state index contributed by atoms with van der Waals surface area (Å²) in [7, 11) is 3.37. The van der Waals surface area contributed by atoms with Crippen molar-refractivity contribution in [3.05, 3.63) is 101 Å². The fraction of sp³-hybridized carbons (Fsp3) is 0.324. The van der Waals surface area contributed by atoms with Gasteiger partial charge in [0.15, 0.2) is 11.6 Å². The fourth-order valence-corrected chi connectivity index (χ4v) is 5.57. The van der Waals surface area contributed by atoms with E-state index in [1.54, 1.807) is 12.1 Å². The van der Waals surface area contributed by atoms with Crippen molar-refractivity contribution in [1.29, 1.82) is 5.26 Å². The van der Waals surface area contributed by atoms with Crippen LogP contribution in [0, 0.1) is 24.1 Å². The predicted molar refractivity (Wildman–Crippen MR) is 167 cm³/mol. The van der Waals surface area contributed by atoms with E-state index in [4.69, 9.17) is 24.5 Å². The molecule has 1 aliphatic heterocycles. The van der Waals surface area contributed by atoms with Crippen LogP contribution in [0.2, 0.25) is 0 Å². The summed E-state index contributed by atoms with van der Waals surface area (Å²) in [4.78, 5) is 28.6. The van der Waals surface area contributed by atoms with Crippen LogP contribution in [0.4, 0.5) is 4.39 Å². The van der Waals surface area contributed by atoms with Crippen LogP contribution in [0.15, 0.2) is 60.8 Å². The van der Waals surface area contributed by atoms with Gasteiger partial charge in [-0.3, -0.25) is 4.90 Å². The number of carbonyl (C=O) groups excluding carboxylic acids is 1. The number of nitrogens with zero attached hydrogens (tertiary/aromatic N) is 7. The van der Waals surface area contributed by atoms with Gasteiger partial charge in [-0.25, -0.2) is 24.1 Å². The first-order valence-electron chi connectivity index (χ1n) is 15.0. The van der Waals surface area contributed by atoms with Gasteiger partial charge < -0.3 is 23.3 Å². The molecule has 12 heteroatoms. The molecule has 0 aliphatic carbocycles. The Balaban J connectivity index is 1.10. The summed E-state index contributed by atoms with van der Waals surface area (Å²) in [5, 5.41) is 8.93. The number of pyridine rings is 1. The Bertz CT molecular complexity index is 1920. The average molecular weight is 624 g/mol. The van der Waals surface area contributed by atoms with Crippen LogP contribution < -0.4 is 9.47 Å². The number of halogens is 1. The third-order valence-corrected chi connectivity index (χ3v) is 8.29. The molecule has 6 rings (SSSR count). The molecule has 1 fully saturated rings. The number of rotatable bonds is 10. The van der Waals surface area contributed by atoms with Crippen molar-refractivity contribution >= 4 is 17.0 Å². The molecule has 0 unspecified atom stereocenters. The second-order valence-electron chi connectivity index (χ2n) is 11.3. The quantitative estimate of drug-likeness (QED) is 0.199. The molecule has 0 bridgehead atoms. The lowest BCUT2D eigenvalue weighted by molar-refractivity contribution is 0.0601. The second kappa shape index (κ2) is 13.4. The Hall–Kier alpha value is -5.28. The van der Waals surface area contributed by atoms with E-state index in [2.05, 4.69) is 24.0 Å². The van der Waals surface area contributed by atoms with Crippen molar-refractivity contribution in [1.82, 2.24) is 29.0 Å². The first-order chi connectivity index (χ1) is 22.3. The highest BCUT2D eigenvalue weighted by Crippen LogP contribution is 2.25. The standard InChI is InChI=1S/C34H34FN7O4/c1-22-37-18-26(40(22)2)19-42-30-16-24(34(43)44-3)8-9-29(30)39-32(42)20-41-13-11-27(12-14-41)46-33-6-4-5-25(38-33)21-45-31-10-7-23(17-36)15-28(31)35/h4-10,15-16,18,27H,11-14,19-21H2,1-3H3. The van der Waals surface area contributed by atoms with Crippen LogP contribution in [-0.2, 0) is 31.5 Å². The second-order valence-corrected chi connectivity index (χ2v) is 11.3. The maximum atomic E-state index is 14.2. The van der Waals surface area contributed by atoms with Gasteiger partial charge in [-0.15, -0.1) is 0 Å². The van der Waals surface area contributed by atoms with Gasteiger partial charge in [0.25, 0.3) is 0 Å². The Morgan fingerprint density at radius 2 is 1.91 bits per heavy atom. The lowest BCUT2D eigenvalue weighted by Gasteiger charge is -2.31. The van der Waals surface area contributed by atoms with Gasteiger partial charge in [0, 0.05) is 26.2 Å². The smallest absolute Gasteiger partial charge is 0.337 e. The fourth-order valence-electron chi connectivity index (χ4n) is 5.57. The van der Waals surface area contributed by atoms with Crippen molar-refractivity contribution in [2.75, 3.05) is 20.2 Å². The van der Waals surface area contributed by atoms with E-state index in [9.17, 15) is 9.18 Å². The summed E-state index contributed by atoms with van der Waals surface area (Å²) >= 11 is 0. The molecule has 0 N–H and O–H groups in total. The zero-order chi connectivity index (χ0) is 32.2. The molecule has 0 spiro atoms. The molecule has 0 atom stereocenters. The minimum Gasteiger partial charge on any atom is -0.484 e. The largest absolute Gasteiger partial charge is 0.484 e. The van der Waals surface area contributed by atoms with Crippen LogP contribution in [0.3, 0.4) is 0 Å². The third kappa shape index (κ3) is 6.69. The van der Waals surface area contributed by atoms with Gasteiger partial charge in [-0.1, -0.05) is 6.07 Å². The van der Waals surface area contributed by atoms with Gasteiger partial charge in [-0.2, -0.15) is 5.26 Å². The number of imidazole rings is 2. The van der Waals surface area contributed by atoms with E-state index in [1.807, 2.05) is 50.5 Å². The number of ether oxygens (including phenoxy) is 3. The van der Waals surface area contributed by atoms with Gasteiger partial charge in [0.05, 0.1) is 66.0 Å². The van der Waals surface area contributed by atoms with E-state index in [-0.39, 0.29) is 30.0 Å². The SMILES string of the molecule is COC(=O)c1ccc2nc(CN3CCC(Oc4cccc(COc5ccc(C#N)cc5F)n4)CC3)n(Cc3cnc(C)n3C)c2c1. The van der Waals surface area contributed by atoms with Crippen LogP contribution in [0.5, 0.6) is 11.6 Å². The highest BCUT2D eigenvalue weighted by molar-refractivity contribution is 5.93. The van der Waals surface area contributed by atoms with Gasteiger partial charge in [0.1, 0.15) is 24.4 Å². The number of aryl methyl sites for hydroxylation is 1. The molecule has 0 radical (unpaired) electrons. The molecule has 3 aromatic heterocycles. The number of fused-ring (bicyclic) bond motifs is 1. The van der Waals surface area contributed by atoms with Crippen LogP contribution in [0.1, 0.15) is 51.8 Å². The van der Waals surface area contributed by atoms with E-state index in [0.717, 1.165) is 60.4 Å². The summed E-state index contributed by atoms with van der Waals surface area (Å²) in [6, 6.07) is 16.9. The summed E-state index contributed by atoms with van der Waals surface area (Å²) in [6.07, 6.45) is 3.49. The van der Waals surface area contributed by atoms with E-state index < -0.39 is 5.82 Å². The predicted octanol–water partition coefficient (Wildman–Crippen LogP) is 4.94. The average Bonchev–Trinajstić information content (AvgIpc) is 3.58. The molecule has 0 saturated carbocycles. The van der Waals surface area contributed by atoms with Crippen molar-refractivity contribution in [3.8, 4) is 17.7 Å². The highest BCUT2D eigenvalue weighted by atomic mass is 19.1. The highest BCUT2D eigenvalue weighted by Gasteiger charge is 2.24. The molecule has 4 heterocycles. The van der Waals surface area contributed by atoms with Crippen LogP contribution in [0.25, 0.3) is 11.0 Å². The normalized spacial score (nSPS) is 13.9. The number of piperidine rings is 1. The number of carbonyl (C=O) groups is 1. The molecule has 46 heavy (non-hydrogen) atoms. The number of likely N-dealkylation sites (tertiary alicyclic amines) is 1. The van der Waals surface area contributed by atoms with E-state index >= 15 is 0 Å². The zero-order valence-corrected chi connectivity index (χ0v) is 25.9. The van der Waals surface area contributed by atoms with Gasteiger partial charge >= 0.3 is 5.97 Å². The number of aromatic nitrogens is 5.